The Morgan fingerprint density at radius 3 is 1.28 bits per heavy atom. The summed E-state index contributed by atoms with van der Waals surface area (Å²) in [7, 11) is -4.71. The SMILES string of the molecule is CCCCCC/C=C\CCCCCCCC(=O)OC(COC(=O)CCCCCCCCCCCCCCCCCCCCCCC)COP(=O)(O)OCC(N)C(=O)O. The fourth-order valence-electron chi connectivity index (χ4n) is 6.77. The lowest BCUT2D eigenvalue weighted by atomic mass is 10.0. The number of esters is 2. The Labute approximate surface area is 354 Å². The second-order valence-corrected chi connectivity index (χ2v) is 17.7. The number of carbonyl (C=O) groups excluding carboxylic acids is 2. The quantitative estimate of drug-likeness (QED) is 0.0230. The van der Waals surface area contributed by atoms with Crippen LogP contribution in [0.25, 0.3) is 0 Å². The molecule has 58 heavy (non-hydrogen) atoms. The maximum absolute atomic E-state index is 12.6. The average molecular weight is 846 g/mol. The molecule has 0 saturated carbocycles. The van der Waals surface area contributed by atoms with Crippen LogP contribution in [0.5, 0.6) is 0 Å². The molecule has 3 atom stereocenters. The molecule has 0 spiro atoms. The highest BCUT2D eigenvalue weighted by Gasteiger charge is 2.28. The zero-order chi connectivity index (χ0) is 42.8. The lowest BCUT2D eigenvalue weighted by Crippen LogP contribution is -2.34. The molecule has 0 aromatic heterocycles. The van der Waals surface area contributed by atoms with Gasteiger partial charge in [0.2, 0.25) is 0 Å². The van der Waals surface area contributed by atoms with E-state index in [1.165, 1.54) is 135 Å². The predicted molar refractivity (Wildman–Crippen MR) is 236 cm³/mol. The van der Waals surface area contributed by atoms with Crippen molar-refractivity contribution in [3.8, 4) is 0 Å². The van der Waals surface area contributed by atoms with Crippen molar-refractivity contribution >= 4 is 25.7 Å². The number of hydrogen-bond acceptors (Lipinski definition) is 9. The summed E-state index contributed by atoms with van der Waals surface area (Å²) >= 11 is 0. The fraction of sp³-hybridized carbons (Fsp3) is 0.891. The molecule has 3 unspecified atom stereocenters. The van der Waals surface area contributed by atoms with Crippen molar-refractivity contribution in [3.63, 3.8) is 0 Å². The average Bonchev–Trinajstić information content (AvgIpc) is 3.20. The number of rotatable bonds is 45. The van der Waals surface area contributed by atoms with E-state index >= 15 is 0 Å². The maximum Gasteiger partial charge on any atom is 0.472 e. The van der Waals surface area contributed by atoms with Crippen molar-refractivity contribution in [2.75, 3.05) is 19.8 Å². The number of aliphatic carboxylic acids is 1. The molecule has 0 bridgehead atoms. The van der Waals surface area contributed by atoms with E-state index in [-0.39, 0.29) is 19.4 Å². The second-order valence-electron chi connectivity index (χ2n) is 16.2. The molecule has 0 fully saturated rings. The van der Waals surface area contributed by atoms with Gasteiger partial charge < -0.3 is 25.2 Å². The first-order chi connectivity index (χ1) is 28.1. The standard InChI is InChI=1S/C46H88NO10P/c1-3-5-7-9-11-13-15-17-18-19-20-21-22-23-24-26-27-29-31-33-35-37-44(48)54-39-42(40-55-58(52,53)56-41-43(47)46(50)51)57-45(49)38-36-34-32-30-28-25-16-14-12-10-8-6-4-2/h14,16,42-43H,3-13,15,17-41,47H2,1-2H3,(H,50,51)(H,52,53)/b16-14-. The third-order valence-corrected chi connectivity index (χ3v) is 11.5. The lowest BCUT2D eigenvalue weighted by Gasteiger charge is -2.20. The van der Waals surface area contributed by atoms with Gasteiger partial charge in [-0.25, -0.2) is 4.57 Å². The van der Waals surface area contributed by atoms with Crippen LogP contribution in [0.1, 0.15) is 232 Å². The van der Waals surface area contributed by atoms with Gasteiger partial charge in [-0.05, 0) is 38.5 Å². The van der Waals surface area contributed by atoms with Gasteiger partial charge in [0.1, 0.15) is 12.6 Å². The third kappa shape index (κ3) is 41.0. The number of unbranched alkanes of at least 4 members (excludes halogenated alkanes) is 29. The lowest BCUT2D eigenvalue weighted by molar-refractivity contribution is -0.161. The molecule has 0 amide bonds. The van der Waals surface area contributed by atoms with E-state index in [1.807, 2.05) is 0 Å². The van der Waals surface area contributed by atoms with Crippen LogP contribution in [-0.2, 0) is 37.5 Å². The van der Waals surface area contributed by atoms with Gasteiger partial charge in [0, 0.05) is 12.8 Å². The van der Waals surface area contributed by atoms with E-state index < -0.39 is 51.1 Å². The first-order valence-electron chi connectivity index (χ1n) is 23.7. The van der Waals surface area contributed by atoms with Crippen LogP contribution in [0, 0.1) is 0 Å². The molecule has 342 valence electrons. The van der Waals surface area contributed by atoms with Gasteiger partial charge in [-0.3, -0.25) is 23.4 Å². The zero-order valence-corrected chi connectivity index (χ0v) is 38.1. The van der Waals surface area contributed by atoms with Crippen molar-refractivity contribution < 1.29 is 47.5 Å². The molecule has 11 nitrogen and oxygen atoms in total. The van der Waals surface area contributed by atoms with E-state index in [4.69, 9.17) is 24.8 Å². The number of nitrogens with two attached hydrogens (primary N) is 1. The van der Waals surface area contributed by atoms with Gasteiger partial charge in [-0.2, -0.15) is 0 Å². The van der Waals surface area contributed by atoms with E-state index in [0.29, 0.717) is 12.8 Å². The second kappa shape index (κ2) is 41.9. The summed E-state index contributed by atoms with van der Waals surface area (Å²) in [6.07, 6.45) is 42.8. The van der Waals surface area contributed by atoms with Crippen LogP contribution in [-0.4, -0.2) is 59.9 Å². The topological polar surface area (TPSA) is 172 Å². The smallest absolute Gasteiger partial charge is 0.472 e. The summed E-state index contributed by atoms with van der Waals surface area (Å²) in [4.78, 5) is 46.0. The number of carboxylic acids is 1. The van der Waals surface area contributed by atoms with Crippen LogP contribution in [0.4, 0.5) is 0 Å². The van der Waals surface area contributed by atoms with E-state index in [2.05, 4.69) is 30.5 Å². The molecular formula is C46H88NO10P. The van der Waals surface area contributed by atoms with Gasteiger partial charge in [-0.15, -0.1) is 0 Å². The third-order valence-electron chi connectivity index (χ3n) is 10.5. The Hall–Kier alpha value is -1.78. The number of hydrogen-bond donors (Lipinski definition) is 3. The van der Waals surface area contributed by atoms with E-state index in [1.54, 1.807) is 0 Å². The van der Waals surface area contributed by atoms with Crippen molar-refractivity contribution in [1.29, 1.82) is 0 Å². The number of carboxylic acid groups (broad SMARTS) is 1. The number of phosphoric acid groups is 1. The highest BCUT2D eigenvalue weighted by molar-refractivity contribution is 7.47. The molecule has 0 aliphatic rings. The Bertz CT molecular complexity index is 1040. The number of phosphoric ester groups is 1. The van der Waals surface area contributed by atoms with Gasteiger partial charge in [-0.1, -0.05) is 193 Å². The van der Waals surface area contributed by atoms with Gasteiger partial charge in [0.15, 0.2) is 6.10 Å². The Morgan fingerprint density at radius 1 is 0.517 bits per heavy atom. The van der Waals surface area contributed by atoms with Crippen molar-refractivity contribution in [2.45, 2.75) is 244 Å². The molecule has 0 aliphatic carbocycles. The zero-order valence-electron chi connectivity index (χ0n) is 37.2. The van der Waals surface area contributed by atoms with E-state index in [0.717, 1.165) is 57.8 Å². The Balaban J connectivity index is 4.21. The summed E-state index contributed by atoms with van der Waals surface area (Å²) < 4.78 is 32.7. The number of ether oxygens (including phenoxy) is 2. The molecule has 0 rings (SSSR count). The minimum Gasteiger partial charge on any atom is -0.480 e. The van der Waals surface area contributed by atoms with Crippen LogP contribution < -0.4 is 5.73 Å². The van der Waals surface area contributed by atoms with Gasteiger partial charge >= 0.3 is 25.7 Å². The van der Waals surface area contributed by atoms with Crippen LogP contribution >= 0.6 is 7.82 Å². The Kier molecular flexibility index (Phi) is 40.6. The summed E-state index contributed by atoms with van der Waals surface area (Å²) in [5.74, 6) is -2.37. The van der Waals surface area contributed by atoms with Crippen LogP contribution in [0.15, 0.2) is 12.2 Å². The minimum atomic E-state index is -4.71. The van der Waals surface area contributed by atoms with Gasteiger partial charge in [0.05, 0.1) is 13.2 Å². The predicted octanol–water partition coefficient (Wildman–Crippen LogP) is 12.8. The molecule has 12 heteroatoms. The van der Waals surface area contributed by atoms with Crippen LogP contribution in [0.3, 0.4) is 0 Å². The van der Waals surface area contributed by atoms with Crippen molar-refractivity contribution in [1.82, 2.24) is 0 Å². The molecule has 0 saturated heterocycles. The number of allylic oxidation sites excluding steroid dienone is 2. The monoisotopic (exact) mass is 846 g/mol. The summed E-state index contributed by atoms with van der Waals surface area (Å²) in [5, 5.41) is 8.89. The normalized spacial score (nSPS) is 13.7. The molecule has 0 radical (unpaired) electrons. The largest absolute Gasteiger partial charge is 0.480 e. The molecular weight excluding hydrogens is 757 g/mol. The highest BCUT2D eigenvalue weighted by atomic mass is 31.2. The summed E-state index contributed by atoms with van der Waals surface area (Å²) in [6.45, 7) is 2.81. The summed E-state index contributed by atoms with van der Waals surface area (Å²) in [5.41, 5.74) is 5.34. The van der Waals surface area contributed by atoms with E-state index in [9.17, 15) is 23.8 Å². The van der Waals surface area contributed by atoms with Crippen molar-refractivity contribution in [3.05, 3.63) is 12.2 Å². The Morgan fingerprint density at radius 2 is 0.862 bits per heavy atom. The summed E-state index contributed by atoms with van der Waals surface area (Å²) in [6, 6.07) is -1.52. The molecule has 0 heterocycles. The minimum absolute atomic E-state index is 0.155. The molecule has 0 aliphatic heterocycles. The highest BCUT2D eigenvalue weighted by Crippen LogP contribution is 2.43. The first kappa shape index (κ1) is 56.2. The maximum atomic E-state index is 12.6. The fourth-order valence-corrected chi connectivity index (χ4v) is 7.55. The molecule has 0 aromatic rings. The first-order valence-corrected chi connectivity index (χ1v) is 25.2. The van der Waals surface area contributed by atoms with Crippen molar-refractivity contribution in [2.24, 2.45) is 5.73 Å². The van der Waals surface area contributed by atoms with Gasteiger partial charge in [0.25, 0.3) is 0 Å². The molecule has 4 N–H and O–H groups in total. The number of carbonyl (C=O) groups is 3. The molecule has 0 aromatic carbocycles. The van der Waals surface area contributed by atoms with Crippen LogP contribution in [0.2, 0.25) is 0 Å².